The lowest BCUT2D eigenvalue weighted by Crippen LogP contribution is -2.36. The van der Waals surface area contributed by atoms with Crippen LogP contribution in [0.15, 0.2) is 4.79 Å². The van der Waals surface area contributed by atoms with Crippen molar-refractivity contribution in [1.29, 1.82) is 0 Å². The van der Waals surface area contributed by atoms with Gasteiger partial charge in [0.1, 0.15) is 16.3 Å². The lowest BCUT2D eigenvalue weighted by atomic mass is 9.72. The summed E-state index contributed by atoms with van der Waals surface area (Å²) in [5.41, 5.74) is 4.51. The molecule has 0 saturated heterocycles. The van der Waals surface area contributed by atoms with E-state index in [9.17, 15) is 9.59 Å². The van der Waals surface area contributed by atoms with Crippen molar-refractivity contribution in [3.05, 3.63) is 43.0 Å². The summed E-state index contributed by atoms with van der Waals surface area (Å²) in [4.78, 5) is 32.8. The second kappa shape index (κ2) is 7.20. The molecule has 0 aliphatic heterocycles. The van der Waals surface area contributed by atoms with E-state index in [2.05, 4.69) is 36.3 Å². The fourth-order valence-corrected chi connectivity index (χ4v) is 5.81. The number of hydrogen-bond donors (Lipinski definition) is 1. The van der Waals surface area contributed by atoms with Crippen molar-refractivity contribution < 1.29 is 4.79 Å². The number of aryl methyl sites for hydroxylation is 4. The normalized spacial score (nSPS) is 16.7. The molecule has 0 fully saturated rings. The summed E-state index contributed by atoms with van der Waals surface area (Å²) in [5.74, 6) is 0.518. The van der Waals surface area contributed by atoms with Crippen LogP contribution in [0.1, 0.15) is 59.6 Å². The Hall–Kier alpha value is -2.19. The summed E-state index contributed by atoms with van der Waals surface area (Å²) in [5, 5.41) is 5.07. The zero-order valence-corrected chi connectivity index (χ0v) is 19.7. The van der Waals surface area contributed by atoms with Crippen molar-refractivity contribution in [2.24, 2.45) is 18.4 Å². The molecule has 7 nitrogen and oxygen atoms in total. The van der Waals surface area contributed by atoms with E-state index < -0.39 is 5.91 Å². The van der Waals surface area contributed by atoms with Crippen molar-refractivity contribution in [1.82, 2.24) is 19.4 Å². The van der Waals surface area contributed by atoms with Gasteiger partial charge in [-0.25, -0.2) is 9.66 Å². The van der Waals surface area contributed by atoms with Crippen LogP contribution in [-0.4, -0.2) is 25.3 Å². The zero-order chi connectivity index (χ0) is 22.0. The van der Waals surface area contributed by atoms with E-state index in [0.717, 1.165) is 29.7 Å². The largest absolute Gasteiger partial charge is 0.290 e. The lowest BCUT2D eigenvalue weighted by molar-refractivity contribution is 0.0997. The van der Waals surface area contributed by atoms with Crippen molar-refractivity contribution in [3.63, 3.8) is 0 Å². The molecule has 0 unspecified atom stereocenters. The Morgan fingerprint density at radius 1 is 1.30 bits per heavy atom. The van der Waals surface area contributed by atoms with E-state index in [1.54, 1.807) is 32.2 Å². The summed E-state index contributed by atoms with van der Waals surface area (Å²) in [7, 11) is 1.64. The first-order valence-electron chi connectivity index (χ1n) is 10.0. The fourth-order valence-electron chi connectivity index (χ4n) is 4.23. The molecule has 3 aromatic heterocycles. The third-order valence-corrected chi connectivity index (χ3v) is 7.65. The molecule has 3 heterocycles. The molecule has 9 heteroatoms. The SMILES string of the molecule is Cc1nn(C)c(C(=O)Nn2c(C)nc3sc4c(c3c2=O)CC[C@@H](C(C)(C)C)C4)c1Cl. The van der Waals surface area contributed by atoms with Crippen LogP contribution in [0.4, 0.5) is 0 Å². The quantitative estimate of drug-likeness (QED) is 0.643. The predicted molar refractivity (Wildman–Crippen MR) is 120 cm³/mol. The maximum Gasteiger partial charge on any atom is 0.290 e. The van der Waals surface area contributed by atoms with Crippen molar-refractivity contribution in [2.45, 2.75) is 53.9 Å². The average molecular weight is 448 g/mol. The van der Waals surface area contributed by atoms with Crippen LogP contribution in [0.2, 0.25) is 5.02 Å². The first kappa shape index (κ1) is 21.1. The molecular weight excluding hydrogens is 422 g/mol. The number of carbonyl (C=O) groups is 1. The fraction of sp³-hybridized carbons (Fsp3) is 0.524. The Morgan fingerprint density at radius 2 is 2.00 bits per heavy atom. The minimum Gasteiger partial charge on any atom is -0.267 e. The Kier molecular flexibility index (Phi) is 5.05. The molecule has 0 spiro atoms. The summed E-state index contributed by atoms with van der Waals surface area (Å²) in [6, 6.07) is 0. The van der Waals surface area contributed by atoms with Crippen LogP contribution in [-0.2, 0) is 19.9 Å². The third kappa shape index (κ3) is 3.36. The lowest BCUT2D eigenvalue weighted by Gasteiger charge is -2.33. The molecule has 0 bridgehead atoms. The minimum atomic E-state index is -0.494. The molecule has 0 aromatic carbocycles. The van der Waals surface area contributed by atoms with Gasteiger partial charge in [0.05, 0.1) is 16.1 Å². The average Bonchev–Trinajstić information content (AvgIpc) is 3.13. The van der Waals surface area contributed by atoms with E-state index in [4.69, 9.17) is 11.6 Å². The number of hydrogen-bond acceptors (Lipinski definition) is 5. The minimum absolute atomic E-state index is 0.209. The van der Waals surface area contributed by atoms with Crippen molar-refractivity contribution >= 4 is 39.1 Å². The number of aromatic nitrogens is 4. The molecule has 1 amide bonds. The van der Waals surface area contributed by atoms with Crippen molar-refractivity contribution in [2.75, 3.05) is 5.43 Å². The summed E-state index contributed by atoms with van der Waals surface area (Å²) in [6.07, 6.45) is 2.87. The molecule has 0 radical (unpaired) electrons. The molecule has 4 rings (SSSR count). The van der Waals surface area contributed by atoms with Crippen LogP contribution in [0.25, 0.3) is 10.2 Å². The van der Waals surface area contributed by atoms with Crippen molar-refractivity contribution in [3.8, 4) is 0 Å². The molecule has 1 aliphatic carbocycles. The molecule has 160 valence electrons. The number of carbonyl (C=O) groups excluding carboxylic acids is 1. The number of thiophene rings is 1. The van der Waals surface area contributed by atoms with Gasteiger partial charge >= 0.3 is 0 Å². The maximum absolute atomic E-state index is 13.4. The van der Waals surface area contributed by atoms with Gasteiger partial charge in [0, 0.05) is 11.9 Å². The standard InChI is InChI=1S/C21H26ClN5O2S/c1-10-16(22)17(26(6)24-10)18(28)25-27-11(2)23-19-15(20(27)29)13-8-7-12(21(3,4)5)9-14(13)30-19/h12H,7-9H2,1-6H3,(H,25,28)/t12-/m1/s1. The van der Waals surface area contributed by atoms with Gasteiger partial charge < -0.3 is 0 Å². The number of halogens is 1. The molecule has 1 atom stereocenters. The third-order valence-electron chi connectivity index (χ3n) is 6.05. The van der Waals surface area contributed by atoms with Gasteiger partial charge in [-0.3, -0.25) is 19.7 Å². The molecule has 1 aliphatic rings. The van der Waals surface area contributed by atoms with Crippen LogP contribution >= 0.6 is 22.9 Å². The molecule has 0 saturated carbocycles. The zero-order valence-electron chi connectivity index (χ0n) is 18.1. The van der Waals surface area contributed by atoms with E-state index in [1.807, 2.05) is 0 Å². The number of fused-ring (bicyclic) bond motifs is 3. The maximum atomic E-state index is 13.4. The second-order valence-electron chi connectivity index (χ2n) is 9.10. The number of amides is 1. The summed E-state index contributed by atoms with van der Waals surface area (Å²) in [6.45, 7) is 10.3. The first-order valence-corrected chi connectivity index (χ1v) is 11.2. The van der Waals surface area contributed by atoms with Crippen LogP contribution < -0.4 is 11.0 Å². The van der Waals surface area contributed by atoms with Gasteiger partial charge in [0.25, 0.3) is 11.5 Å². The Bertz CT molecular complexity index is 1230. The number of nitrogens with zero attached hydrogens (tertiary/aromatic N) is 4. The Labute approximate surface area is 184 Å². The molecule has 1 N–H and O–H groups in total. The van der Waals surface area contributed by atoms with Crippen LogP contribution in [0, 0.1) is 25.2 Å². The van der Waals surface area contributed by atoms with E-state index in [0.29, 0.717) is 22.8 Å². The van der Waals surface area contributed by atoms with Crippen LogP contribution in [0.5, 0.6) is 0 Å². The highest BCUT2D eigenvalue weighted by atomic mass is 35.5. The van der Waals surface area contributed by atoms with Crippen LogP contribution in [0.3, 0.4) is 0 Å². The van der Waals surface area contributed by atoms with Gasteiger partial charge in [-0.05, 0) is 50.0 Å². The monoisotopic (exact) mass is 447 g/mol. The summed E-state index contributed by atoms with van der Waals surface area (Å²) < 4.78 is 2.64. The smallest absolute Gasteiger partial charge is 0.267 e. The highest BCUT2D eigenvalue weighted by Crippen LogP contribution is 2.42. The first-order chi connectivity index (χ1) is 14.0. The van der Waals surface area contributed by atoms with E-state index in [1.165, 1.54) is 14.2 Å². The Balaban J connectivity index is 1.76. The van der Waals surface area contributed by atoms with Gasteiger partial charge in [-0.1, -0.05) is 32.4 Å². The highest BCUT2D eigenvalue weighted by molar-refractivity contribution is 7.18. The molecule has 3 aromatic rings. The molecular formula is C21H26ClN5O2S. The summed E-state index contributed by atoms with van der Waals surface area (Å²) >= 11 is 7.84. The molecule has 30 heavy (non-hydrogen) atoms. The second-order valence-corrected chi connectivity index (χ2v) is 10.6. The highest BCUT2D eigenvalue weighted by Gasteiger charge is 2.32. The van der Waals surface area contributed by atoms with E-state index in [-0.39, 0.29) is 21.7 Å². The van der Waals surface area contributed by atoms with Gasteiger partial charge in [-0.2, -0.15) is 5.10 Å². The topological polar surface area (TPSA) is 81.8 Å². The number of nitrogens with one attached hydrogen (secondary N) is 1. The van der Waals surface area contributed by atoms with E-state index >= 15 is 0 Å². The Morgan fingerprint density at radius 3 is 2.60 bits per heavy atom. The van der Waals surface area contributed by atoms with Gasteiger partial charge in [0.2, 0.25) is 0 Å². The predicted octanol–water partition coefficient (Wildman–Crippen LogP) is 4.00. The number of rotatable bonds is 2. The van der Waals surface area contributed by atoms with Gasteiger partial charge in [-0.15, -0.1) is 11.3 Å². The van der Waals surface area contributed by atoms with Gasteiger partial charge in [0.15, 0.2) is 0 Å².